The van der Waals surface area contributed by atoms with Crippen LogP contribution in [0.4, 0.5) is 0 Å². The molecular formula is C25H32N2O6S. The van der Waals surface area contributed by atoms with E-state index in [1.807, 2.05) is 24.3 Å². The number of sulfonamides is 1. The van der Waals surface area contributed by atoms with Gasteiger partial charge >= 0.3 is 5.97 Å². The van der Waals surface area contributed by atoms with Crippen molar-refractivity contribution in [2.75, 3.05) is 26.9 Å². The third-order valence-electron chi connectivity index (χ3n) is 5.11. The van der Waals surface area contributed by atoms with Gasteiger partial charge in [-0.05, 0) is 61.1 Å². The van der Waals surface area contributed by atoms with Gasteiger partial charge in [-0.2, -0.15) is 5.26 Å². The fourth-order valence-corrected chi connectivity index (χ4v) is 4.48. The van der Waals surface area contributed by atoms with E-state index in [4.69, 9.17) is 19.5 Å². The Morgan fingerprint density at radius 2 is 1.91 bits per heavy atom. The van der Waals surface area contributed by atoms with Crippen molar-refractivity contribution >= 4 is 16.0 Å². The molecule has 0 amide bonds. The van der Waals surface area contributed by atoms with Crippen LogP contribution in [0.1, 0.15) is 56.2 Å². The molecule has 0 aliphatic rings. The van der Waals surface area contributed by atoms with Crippen LogP contribution in [-0.4, -0.2) is 41.3 Å². The molecule has 0 heterocycles. The summed E-state index contributed by atoms with van der Waals surface area (Å²) in [5.41, 5.74) is 2.17. The van der Waals surface area contributed by atoms with E-state index in [9.17, 15) is 13.2 Å². The van der Waals surface area contributed by atoms with Crippen LogP contribution in [0.25, 0.3) is 0 Å². The van der Waals surface area contributed by atoms with Gasteiger partial charge in [0.05, 0.1) is 32.0 Å². The van der Waals surface area contributed by atoms with E-state index in [0.29, 0.717) is 37.7 Å². The summed E-state index contributed by atoms with van der Waals surface area (Å²) in [6.45, 7) is 6.75. The van der Waals surface area contributed by atoms with Crippen LogP contribution in [0.5, 0.6) is 11.5 Å². The molecule has 1 N–H and O–H groups in total. The minimum Gasteiger partial charge on any atom is -0.495 e. The second-order valence-electron chi connectivity index (χ2n) is 7.90. The third-order valence-corrected chi connectivity index (χ3v) is 6.60. The van der Waals surface area contributed by atoms with Crippen molar-refractivity contribution in [2.45, 2.75) is 50.8 Å². The Morgan fingerprint density at radius 1 is 1.15 bits per heavy atom. The molecule has 2 aromatic carbocycles. The molecule has 0 atom stereocenters. The van der Waals surface area contributed by atoms with Crippen LogP contribution in [0.3, 0.4) is 0 Å². The zero-order valence-corrected chi connectivity index (χ0v) is 20.9. The van der Waals surface area contributed by atoms with Gasteiger partial charge in [-0.3, -0.25) is 4.79 Å². The van der Waals surface area contributed by atoms with Crippen LogP contribution in [0.15, 0.2) is 41.3 Å². The number of esters is 1. The average Bonchev–Trinajstić information content (AvgIpc) is 2.82. The molecule has 2 aromatic rings. The monoisotopic (exact) mass is 488 g/mol. The number of carbonyl (C=O) groups excluding carboxylic acids is 1. The lowest BCUT2D eigenvalue weighted by molar-refractivity contribution is -0.143. The molecule has 0 bridgehead atoms. The highest BCUT2D eigenvalue weighted by atomic mass is 32.2. The zero-order valence-electron chi connectivity index (χ0n) is 20.1. The van der Waals surface area contributed by atoms with Gasteiger partial charge in [0, 0.05) is 13.0 Å². The second-order valence-corrected chi connectivity index (χ2v) is 9.64. The van der Waals surface area contributed by atoms with Gasteiger partial charge in [0.2, 0.25) is 10.0 Å². The van der Waals surface area contributed by atoms with E-state index in [2.05, 4.69) is 18.6 Å². The molecule has 0 unspecified atom stereocenters. The molecule has 9 heteroatoms. The maximum atomic E-state index is 12.9. The molecule has 0 aromatic heterocycles. The first-order valence-electron chi connectivity index (χ1n) is 11.2. The highest BCUT2D eigenvalue weighted by Gasteiger charge is 2.20. The van der Waals surface area contributed by atoms with Crippen molar-refractivity contribution in [3.05, 3.63) is 53.1 Å². The number of ether oxygens (including phenoxy) is 3. The summed E-state index contributed by atoms with van der Waals surface area (Å²) < 4.78 is 44.3. The lowest BCUT2D eigenvalue weighted by Crippen LogP contribution is -2.26. The number of hydrogen-bond donors (Lipinski definition) is 1. The lowest BCUT2D eigenvalue weighted by Gasteiger charge is -2.16. The molecule has 0 aliphatic heterocycles. The van der Waals surface area contributed by atoms with Gasteiger partial charge in [-0.15, -0.1) is 0 Å². The SMILES string of the molecule is CCOC(=O)CCCOc1cc(C(C)C)ccc1CCNS(=O)(=O)c1cc(C#N)ccc1OC. The smallest absolute Gasteiger partial charge is 0.305 e. The van der Waals surface area contributed by atoms with Gasteiger partial charge in [0.25, 0.3) is 0 Å². The van der Waals surface area contributed by atoms with E-state index in [-0.39, 0.29) is 35.1 Å². The number of benzene rings is 2. The molecule has 0 fully saturated rings. The summed E-state index contributed by atoms with van der Waals surface area (Å²) in [4.78, 5) is 11.4. The van der Waals surface area contributed by atoms with Gasteiger partial charge in [0.15, 0.2) is 0 Å². The minimum atomic E-state index is -3.89. The molecule has 0 aliphatic carbocycles. The first-order chi connectivity index (χ1) is 16.2. The number of rotatable bonds is 13. The number of carbonyl (C=O) groups is 1. The van der Waals surface area contributed by atoms with E-state index in [1.165, 1.54) is 25.3 Å². The molecule has 8 nitrogen and oxygen atoms in total. The standard InChI is InChI=1S/C25H32N2O6S/c1-5-32-25(28)7-6-14-33-23-16-21(18(2)3)10-9-20(23)12-13-27-34(29,30)24-15-19(17-26)8-11-22(24)31-4/h8-11,15-16,18,27H,5-7,12-14H2,1-4H3. The normalized spacial score (nSPS) is 11.2. The van der Waals surface area contributed by atoms with Crippen molar-refractivity contribution in [3.63, 3.8) is 0 Å². The van der Waals surface area contributed by atoms with Gasteiger partial charge in [-0.1, -0.05) is 26.0 Å². The maximum absolute atomic E-state index is 12.9. The van der Waals surface area contributed by atoms with Crippen LogP contribution in [-0.2, 0) is 26.0 Å². The predicted molar refractivity (Wildman–Crippen MR) is 128 cm³/mol. The molecule has 184 valence electrons. The minimum absolute atomic E-state index is 0.0837. The number of nitrogens with zero attached hydrogens (tertiary/aromatic N) is 1. The molecule has 0 saturated carbocycles. The highest BCUT2D eigenvalue weighted by molar-refractivity contribution is 7.89. The Bertz CT molecular complexity index is 1120. The fraction of sp³-hybridized carbons (Fsp3) is 0.440. The van der Waals surface area contributed by atoms with Crippen molar-refractivity contribution in [3.8, 4) is 17.6 Å². The summed E-state index contributed by atoms with van der Waals surface area (Å²) in [6.07, 6.45) is 1.19. The first kappa shape index (κ1) is 27.2. The van der Waals surface area contributed by atoms with Crippen molar-refractivity contribution < 1.29 is 27.4 Å². The van der Waals surface area contributed by atoms with Gasteiger partial charge < -0.3 is 14.2 Å². The first-order valence-corrected chi connectivity index (χ1v) is 12.7. The van der Waals surface area contributed by atoms with E-state index in [1.54, 1.807) is 6.92 Å². The molecule has 2 rings (SSSR count). The Hall–Kier alpha value is -3.09. The van der Waals surface area contributed by atoms with Gasteiger partial charge in [-0.25, -0.2) is 13.1 Å². The van der Waals surface area contributed by atoms with Crippen LogP contribution in [0, 0.1) is 11.3 Å². The Balaban J connectivity index is 2.09. The topological polar surface area (TPSA) is 115 Å². The average molecular weight is 489 g/mol. The van der Waals surface area contributed by atoms with Crippen LogP contribution >= 0.6 is 0 Å². The quantitative estimate of drug-likeness (QED) is 0.335. The highest BCUT2D eigenvalue weighted by Crippen LogP contribution is 2.27. The van der Waals surface area contributed by atoms with Crippen molar-refractivity contribution in [1.29, 1.82) is 5.26 Å². The zero-order chi connectivity index (χ0) is 25.1. The number of hydrogen-bond acceptors (Lipinski definition) is 7. The fourth-order valence-electron chi connectivity index (χ4n) is 3.26. The Morgan fingerprint density at radius 3 is 2.56 bits per heavy atom. The van der Waals surface area contributed by atoms with Gasteiger partial charge in [0.1, 0.15) is 16.4 Å². The molecule has 0 saturated heterocycles. The Kier molecular flexibility index (Phi) is 10.4. The largest absolute Gasteiger partial charge is 0.495 e. The van der Waals surface area contributed by atoms with Crippen molar-refractivity contribution in [2.24, 2.45) is 0 Å². The molecule has 34 heavy (non-hydrogen) atoms. The number of nitrogens with one attached hydrogen (secondary N) is 1. The molecule has 0 radical (unpaired) electrons. The predicted octanol–water partition coefficient (Wildman–Crippen LogP) is 3.93. The summed E-state index contributed by atoms with van der Waals surface area (Å²) >= 11 is 0. The van der Waals surface area contributed by atoms with E-state index >= 15 is 0 Å². The van der Waals surface area contributed by atoms with E-state index in [0.717, 1.165) is 11.1 Å². The van der Waals surface area contributed by atoms with Crippen LogP contribution in [0.2, 0.25) is 0 Å². The second kappa shape index (κ2) is 13.0. The van der Waals surface area contributed by atoms with E-state index < -0.39 is 10.0 Å². The maximum Gasteiger partial charge on any atom is 0.305 e. The molecule has 0 spiro atoms. The van der Waals surface area contributed by atoms with Crippen molar-refractivity contribution in [1.82, 2.24) is 4.72 Å². The van der Waals surface area contributed by atoms with Crippen LogP contribution < -0.4 is 14.2 Å². The Labute approximate surface area is 201 Å². The number of nitriles is 1. The summed E-state index contributed by atoms with van der Waals surface area (Å²) in [7, 11) is -2.52. The number of methoxy groups -OCH3 is 1. The molecular weight excluding hydrogens is 456 g/mol. The summed E-state index contributed by atoms with van der Waals surface area (Å²) in [5, 5.41) is 9.11. The third kappa shape index (κ3) is 7.75. The summed E-state index contributed by atoms with van der Waals surface area (Å²) in [6, 6.07) is 12.1. The summed E-state index contributed by atoms with van der Waals surface area (Å²) in [5.74, 6) is 0.874. The lowest BCUT2D eigenvalue weighted by atomic mass is 10.00.